The van der Waals surface area contributed by atoms with Crippen molar-refractivity contribution in [2.75, 3.05) is 29.8 Å². The number of hydrogen-bond acceptors (Lipinski definition) is 7. The number of thiophene rings is 1. The minimum Gasteiger partial charge on any atom is -0.484 e. The minimum absolute atomic E-state index is 0.207. The van der Waals surface area contributed by atoms with Crippen LogP contribution in [0.4, 0.5) is 11.4 Å². The van der Waals surface area contributed by atoms with Crippen molar-refractivity contribution in [2.45, 2.75) is 4.21 Å². The van der Waals surface area contributed by atoms with Crippen LogP contribution in [0.15, 0.2) is 70.5 Å². The first-order valence-corrected chi connectivity index (χ1v) is 11.4. The molecule has 0 fully saturated rings. The van der Waals surface area contributed by atoms with Gasteiger partial charge in [0, 0.05) is 13.2 Å². The Morgan fingerprint density at radius 3 is 2.52 bits per heavy atom. The number of hydrogen-bond donors (Lipinski definition) is 2. The quantitative estimate of drug-likeness (QED) is 0.505. The molecule has 3 aromatic rings. The molecule has 0 aliphatic rings. The number of ether oxygens (including phenoxy) is 1. The summed E-state index contributed by atoms with van der Waals surface area (Å²) in [5.41, 5.74) is 0.987. The van der Waals surface area contributed by atoms with E-state index in [0.717, 1.165) is 11.3 Å². The Bertz CT molecular complexity index is 1120. The van der Waals surface area contributed by atoms with Gasteiger partial charge in [0.05, 0.1) is 24.1 Å². The molecule has 0 atom stereocenters. The summed E-state index contributed by atoms with van der Waals surface area (Å²) in [7, 11) is -2.15. The van der Waals surface area contributed by atoms with Crippen molar-refractivity contribution in [3.8, 4) is 5.75 Å². The van der Waals surface area contributed by atoms with E-state index in [1.807, 2.05) is 0 Å². The summed E-state index contributed by atoms with van der Waals surface area (Å²) in [4.78, 5) is 27.6. The standard InChI is InChI=1S/C20H20N4O5S2/c1-24(31(27,28)20-5-3-11-30-20)16-6-8-17(9-7-16)29-14-19(26)22-13-18(25)23-15-4-2-10-21-12-15/h2-12H,13-14H2,1H3,(H,22,26)(H,23,25). The Kier molecular flexibility index (Phi) is 7.21. The van der Waals surface area contributed by atoms with E-state index in [9.17, 15) is 18.0 Å². The largest absolute Gasteiger partial charge is 0.484 e. The van der Waals surface area contributed by atoms with E-state index in [2.05, 4.69) is 15.6 Å². The van der Waals surface area contributed by atoms with Gasteiger partial charge >= 0.3 is 0 Å². The van der Waals surface area contributed by atoms with Crippen LogP contribution in [0.1, 0.15) is 0 Å². The highest BCUT2D eigenvalue weighted by Gasteiger charge is 2.22. The highest BCUT2D eigenvalue weighted by Crippen LogP contribution is 2.26. The first-order valence-electron chi connectivity index (χ1n) is 9.08. The second-order valence-electron chi connectivity index (χ2n) is 6.25. The lowest BCUT2D eigenvalue weighted by atomic mass is 10.3. The van der Waals surface area contributed by atoms with E-state index in [-0.39, 0.29) is 23.3 Å². The first-order chi connectivity index (χ1) is 14.9. The molecule has 2 aromatic heterocycles. The second kappa shape index (κ2) is 10.0. The maximum absolute atomic E-state index is 12.6. The summed E-state index contributed by atoms with van der Waals surface area (Å²) in [6.07, 6.45) is 3.08. The number of pyridine rings is 1. The summed E-state index contributed by atoms with van der Waals surface area (Å²) in [5.74, 6) is -0.468. The zero-order valence-corrected chi connectivity index (χ0v) is 18.2. The monoisotopic (exact) mass is 460 g/mol. The number of sulfonamides is 1. The molecule has 9 nitrogen and oxygen atoms in total. The van der Waals surface area contributed by atoms with E-state index >= 15 is 0 Å². The minimum atomic E-state index is -3.62. The lowest BCUT2D eigenvalue weighted by Gasteiger charge is -2.18. The van der Waals surface area contributed by atoms with Crippen LogP contribution in [0, 0.1) is 0 Å². The molecule has 0 bridgehead atoms. The number of anilines is 2. The number of nitrogens with one attached hydrogen (secondary N) is 2. The Labute approximate surface area is 183 Å². The van der Waals surface area contributed by atoms with Gasteiger partial charge in [-0.25, -0.2) is 8.42 Å². The molecular weight excluding hydrogens is 440 g/mol. The molecule has 11 heteroatoms. The summed E-state index contributed by atoms with van der Waals surface area (Å²) >= 11 is 1.14. The SMILES string of the molecule is CN(c1ccc(OCC(=O)NCC(=O)Nc2cccnc2)cc1)S(=O)(=O)c1cccs1. The van der Waals surface area contributed by atoms with Crippen molar-refractivity contribution in [1.82, 2.24) is 10.3 Å². The zero-order chi connectivity index (χ0) is 22.3. The fourth-order valence-electron chi connectivity index (χ4n) is 2.46. The number of carbonyl (C=O) groups excluding carboxylic acids is 2. The van der Waals surface area contributed by atoms with Crippen molar-refractivity contribution in [1.29, 1.82) is 0 Å². The van der Waals surface area contributed by atoms with E-state index in [1.54, 1.807) is 60.1 Å². The van der Waals surface area contributed by atoms with Crippen LogP contribution < -0.4 is 19.7 Å². The predicted octanol–water partition coefficient (Wildman–Crippen LogP) is 2.10. The summed E-state index contributed by atoms with van der Waals surface area (Å²) < 4.78 is 31.9. The normalized spacial score (nSPS) is 10.9. The number of aromatic nitrogens is 1. The number of nitrogens with zero attached hydrogens (tertiary/aromatic N) is 2. The zero-order valence-electron chi connectivity index (χ0n) is 16.5. The van der Waals surface area contributed by atoms with Crippen LogP contribution in [0.2, 0.25) is 0 Å². The van der Waals surface area contributed by atoms with Gasteiger partial charge in [0.2, 0.25) is 5.91 Å². The highest BCUT2D eigenvalue weighted by atomic mass is 32.2. The smallest absolute Gasteiger partial charge is 0.273 e. The number of amides is 2. The maximum atomic E-state index is 12.6. The number of rotatable bonds is 9. The van der Waals surface area contributed by atoms with Gasteiger partial charge in [0.15, 0.2) is 6.61 Å². The molecule has 2 amide bonds. The molecule has 0 spiro atoms. The summed E-state index contributed by atoms with van der Waals surface area (Å²) in [5, 5.41) is 6.75. The Balaban J connectivity index is 1.46. The average Bonchev–Trinajstić information content (AvgIpc) is 3.33. The lowest BCUT2D eigenvalue weighted by molar-refractivity contribution is -0.125. The van der Waals surface area contributed by atoms with Gasteiger partial charge in [-0.05, 0) is 47.8 Å². The highest BCUT2D eigenvalue weighted by molar-refractivity contribution is 7.94. The fraction of sp³-hybridized carbons (Fsp3) is 0.150. The molecule has 0 radical (unpaired) electrons. The van der Waals surface area contributed by atoms with Gasteiger partial charge in [-0.15, -0.1) is 11.3 Å². The Morgan fingerprint density at radius 1 is 1.10 bits per heavy atom. The van der Waals surface area contributed by atoms with Gasteiger partial charge in [-0.3, -0.25) is 18.9 Å². The molecule has 1 aromatic carbocycles. The molecule has 2 N–H and O–H groups in total. The number of carbonyl (C=O) groups is 2. The third-order valence-electron chi connectivity index (χ3n) is 4.07. The van der Waals surface area contributed by atoms with Crippen LogP contribution in [0.3, 0.4) is 0 Å². The summed E-state index contributed by atoms with van der Waals surface area (Å²) in [6, 6.07) is 12.9. The van der Waals surface area contributed by atoms with E-state index in [4.69, 9.17) is 4.74 Å². The van der Waals surface area contributed by atoms with Crippen molar-refractivity contribution < 1.29 is 22.7 Å². The summed E-state index contributed by atoms with van der Waals surface area (Å²) in [6.45, 7) is -0.496. The molecular formula is C20H20N4O5S2. The number of benzene rings is 1. The van der Waals surface area contributed by atoms with E-state index < -0.39 is 15.9 Å². The predicted molar refractivity (Wildman–Crippen MR) is 118 cm³/mol. The third-order valence-corrected chi connectivity index (χ3v) is 7.23. The molecule has 0 unspecified atom stereocenters. The van der Waals surface area contributed by atoms with Crippen molar-refractivity contribution in [3.05, 3.63) is 66.3 Å². The average molecular weight is 461 g/mol. The molecule has 0 saturated carbocycles. The van der Waals surface area contributed by atoms with Crippen molar-refractivity contribution in [3.63, 3.8) is 0 Å². The Hall–Kier alpha value is -3.44. The molecule has 3 rings (SSSR count). The van der Waals surface area contributed by atoms with Crippen LogP contribution in [0.25, 0.3) is 0 Å². The van der Waals surface area contributed by atoms with Crippen molar-refractivity contribution >= 4 is 44.5 Å². The molecule has 0 aliphatic heterocycles. The van der Waals surface area contributed by atoms with Gasteiger partial charge in [-0.1, -0.05) is 6.07 Å². The van der Waals surface area contributed by atoms with E-state index in [1.165, 1.54) is 17.5 Å². The third kappa shape index (κ3) is 6.03. The van der Waals surface area contributed by atoms with Crippen LogP contribution in [-0.2, 0) is 19.6 Å². The molecule has 0 saturated heterocycles. The van der Waals surface area contributed by atoms with Crippen molar-refractivity contribution in [2.24, 2.45) is 0 Å². The Morgan fingerprint density at radius 2 is 1.87 bits per heavy atom. The molecule has 0 aliphatic carbocycles. The van der Waals surface area contributed by atoms with Crippen LogP contribution in [0.5, 0.6) is 5.75 Å². The van der Waals surface area contributed by atoms with Gasteiger partial charge in [-0.2, -0.15) is 0 Å². The molecule has 2 heterocycles. The van der Waals surface area contributed by atoms with E-state index in [0.29, 0.717) is 17.1 Å². The topological polar surface area (TPSA) is 118 Å². The second-order valence-corrected chi connectivity index (χ2v) is 9.40. The molecule has 31 heavy (non-hydrogen) atoms. The van der Waals surface area contributed by atoms with Gasteiger partial charge in [0.1, 0.15) is 9.96 Å². The lowest BCUT2D eigenvalue weighted by Crippen LogP contribution is -2.35. The van der Waals surface area contributed by atoms with Gasteiger partial charge < -0.3 is 15.4 Å². The first kappa shape index (κ1) is 22.2. The maximum Gasteiger partial charge on any atom is 0.273 e. The molecule has 162 valence electrons. The van der Waals surface area contributed by atoms with Crippen LogP contribution >= 0.6 is 11.3 Å². The fourth-order valence-corrected chi connectivity index (χ4v) is 4.81. The van der Waals surface area contributed by atoms with Crippen LogP contribution in [-0.4, -0.2) is 45.4 Å². The van der Waals surface area contributed by atoms with Gasteiger partial charge in [0.25, 0.3) is 15.9 Å².